The molecule has 9 heteroatoms. The molecular weight excluding hydrogens is 478 g/mol. The monoisotopic (exact) mass is 521 g/mol. The lowest BCUT2D eigenvalue weighted by molar-refractivity contribution is -0.116. The van der Waals surface area contributed by atoms with Gasteiger partial charge in [-0.3, -0.25) is 14.1 Å². The SMILES string of the molecule is CCCCCCCCCCCCCCCCCC(=O)c1cc(S(=O)(=O)O)cc(N2N=CCC2=O)c1N. The Bertz CT molecular complexity index is 991. The number of hydrazone groups is 1. The Morgan fingerprint density at radius 3 is 1.86 bits per heavy atom. The van der Waals surface area contributed by atoms with E-state index < -0.39 is 20.9 Å². The molecule has 3 N–H and O–H groups in total. The van der Waals surface area contributed by atoms with Crippen molar-refractivity contribution in [2.45, 2.75) is 121 Å². The van der Waals surface area contributed by atoms with Gasteiger partial charge in [0.1, 0.15) is 0 Å². The van der Waals surface area contributed by atoms with Crippen molar-refractivity contribution in [3.05, 3.63) is 17.7 Å². The van der Waals surface area contributed by atoms with Crippen molar-refractivity contribution in [2.24, 2.45) is 5.10 Å². The largest absolute Gasteiger partial charge is 0.396 e. The fourth-order valence-electron chi connectivity index (χ4n) is 4.51. The normalized spacial score (nSPS) is 13.6. The molecule has 0 spiro atoms. The molecule has 8 nitrogen and oxygen atoms in total. The molecule has 0 saturated carbocycles. The van der Waals surface area contributed by atoms with Crippen LogP contribution in [0.25, 0.3) is 0 Å². The van der Waals surface area contributed by atoms with Crippen molar-refractivity contribution >= 4 is 39.4 Å². The van der Waals surface area contributed by atoms with E-state index in [4.69, 9.17) is 5.73 Å². The van der Waals surface area contributed by atoms with E-state index in [0.717, 1.165) is 36.4 Å². The number of anilines is 2. The van der Waals surface area contributed by atoms with Crippen LogP contribution in [-0.4, -0.2) is 30.9 Å². The zero-order valence-electron chi connectivity index (χ0n) is 21.7. The average molecular weight is 522 g/mol. The number of ketones is 1. The zero-order chi connectivity index (χ0) is 26.4. The second kappa shape index (κ2) is 15.8. The predicted octanol–water partition coefficient (Wildman–Crippen LogP) is 6.68. The maximum atomic E-state index is 12.8. The molecule has 0 radical (unpaired) electrons. The molecule has 1 aromatic carbocycles. The van der Waals surface area contributed by atoms with E-state index in [0.29, 0.717) is 6.42 Å². The maximum Gasteiger partial charge on any atom is 0.294 e. The molecule has 0 aromatic heterocycles. The summed E-state index contributed by atoms with van der Waals surface area (Å²) in [5.41, 5.74) is 6.09. The number of nitrogens with two attached hydrogens (primary N) is 1. The van der Waals surface area contributed by atoms with Crippen LogP contribution in [0, 0.1) is 0 Å². The van der Waals surface area contributed by atoms with Crippen molar-refractivity contribution in [3.63, 3.8) is 0 Å². The van der Waals surface area contributed by atoms with Crippen LogP contribution in [0.1, 0.15) is 126 Å². The van der Waals surface area contributed by atoms with Crippen LogP contribution in [0.15, 0.2) is 22.1 Å². The van der Waals surface area contributed by atoms with Gasteiger partial charge in [0.25, 0.3) is 16.0 Å². The van der Waals surface area contributed by atoms with Crippen molar-refractivity contribution < 1.29 is 22.6 Å². The third kappa shape index (κ3) is 10.0. The molecule has 1 aliphatic rings. The number of nitrogen functional groups attached to an aromatic ring is 1. The Morgan fingerprint density at radius 1 is 0.917 bits per heavy atom. The minimum Gasteiger partial charge on any atom is -0.396 e. The number of rotatable bonds is 19. The van der Waals surface area contributed by atoms with Crippen molar-refractivity contribution in [1.82, 2.24) is 0 Å². The van der Waals surface area contributed by atoms with Gasteiger partial charge in [-0.1, -0.05) is 96.8 Å². The summed E-state index contributed by atoms with van der Waals surface area (Å²) in [5.74, 6) is -0.709. The number of carbonyl (C=O) groups is 2. The Labute approximate surface area is 216 Å². The topological polar surface area (TPSA) is 130 Å². The highest BCUT2D eigenvalue weighted by Crippen LogP contribution is 2.33. The van der Waals surface area contributed by atoms with Gasteiger partial charge >= 0.3 is 0 Å². The molecular formula is C27H43N3O5S. The molecule has 1 aromatic rings. The lowest BCUT2D eigenvalue weighted by atomic mass is 10.0. The molecule has 202 valence electrons. The van der Waals surface area contributed by atoms with Crippen LogP contribution in [0.5, 0.6) is 0 Å². The quantitative estimate of drug-likeness (QED) is 0.0903. The summed E-state index contributed by atoms with van der Waals surface area (Å²) in [6, 6.07) is 2.14. The molecule has 0 unspecified atom stereocenters. The second-order valence-corrected chi connectivity index (χ2v) is 11.1. The van der Waals surface area contributed by atoms with Gasteiger partial charge in [-0.15, -0.1) is 0 Å². The summed E-state index contributed by atoms with van der Waals surface area (Å²) >= 11 is 0. The predicted molar refractivity (Wildman–Crippen MR) is 145 cm³/mol. The first-order valence-corrected chi connectivity index (χ1v) is 15.0. The molecule has 0 fully saturated rings. The van der Waals surface area contributed by atoms with Crippen molar-refractivity contribution in [3.8, 4) is 0 Å². The molecule has 0 aliphatic carbocycles. The first-order valence-electron chi connectivity index (χ1n) is 13.5. The summed E-state index contributed by atoms with van der Waals surface area (Å²) in [4.78, 5) is 24.4. The van der Waals surface area contributed by atoms with E-state index in [-0.39, 0.29) is 35.6 Å². The summed E-state index contributed by atoms with van der Waals surface area (Å²) in [6.45, 7) is 2.25. The Hall–Kier alpha value is -2.26. The average Bonchev–Trinajstić information content (AvgIpc) is 3.26. The van der Waals surface area contributed by atoms with E-state index in [1.165, 1.54) is 76.8 Å². The van der Waals surface area contributed by atoms with Crippen LogP contribution in [0.3, 0.4) is 0 Å². The third-order valence-corrected chi connectivity index (χ3v) is 7.50. The van der Waals surface area contributed by atoms with E-state index in [9.17, 15) is 22.6 Å². The van der Waals surface area contributed by atoms with Crippen LogP contribution < -0.4 is 10.7 Å². The minimum absolute atomic E-state index is 0.0104. The van der Waals surface area contributed by atoms with Gasteiger partial charge in [0, 0.05) is 18.2 Å². The van der Waals surface area contributed by atoms with Crippen molar-refractivity contribution in [1.29, 1.82) is 0 Å². The van der Waals surface area contributed by atoms with Crippen LogP contribution in [-0.2, 0) is 14.9 Å². The fourth-order valence-corrected chi connectivity index (χ4v) is 5.03. The first kappa shape index (κ1) is 30.0. The number of hydrogen-bond acceptors (Lipinski definition) is 6. The summed E-state index contributed by atoms with van der Waals surface area (Å²) in [7, 11) is -4.59. The summed E-state index contributed by atoms with van der Waals surface area (Å²) in [5, 5.41) is 4.87. The first-order chi connectivity index (χ1) is 17.3. The Balaban J connectivity index is 1.70. The maximum absolute atomic E-state index is 12.8. The van der Waals surface area contributed by atoms with Crippen LogP contribution in [0.4, 0.5) is 11.4 Å². The van der Waals surface area contributed by atoms with Gasteiger partial charge in [-0.25, -0.2) is 0 Å². The van der Waals surface area contributed by atoms with Crippen LogP contribution in [0.2, 0.25) is 0 Å². The molecule has 2 rings (SSSR count). The minimum atomic E-state index is -4.59. The Kier molecular flexibility index (Phi) is 13.1. The number of Topliss-reactive ketones (excluding diaryl/α,β-unsaturated/α-hetero) is 1. The van der Waals surface area contributed by atoms with E-state index in [2.05, 4.69) is 12.0 Å². The molecule has 0 bridgehead atoms. The van der Waals surface area contributed by atoms with E-state index in [1.807, 2.05) is 0 Å². The number of benzene rings is 1. The number of nitrogens with zero attached hydrogens (tertiary/aromatic N) is 2. The lowest BCUT2D eigenvalue weighted by Gasteiger charge is -2.18. The molecule has 1 aliphatic heterocycles. The van der Waals surface area contributed by atoms with Gasteiger partial charge < -0.3 is 5.73 Å². The number of amides is 1. The van der Waals surface area contributed by atoms with Crippen LogP contribution >= 0.6 is 0 Å². The zero-order valence-corrected chi connectivity index (χ0v) is 22.5. The number of unbranched alkanes of at least 4 members (excludes halogenated alkanes) is 14. The highest BCUT2D eigenvalue weighted by molar-refractivity contribution is 7.85. The molecule has 1 amide bonds. The summed E-state index contributed by atoms with van der Waals surface area (Å²) in [6.07, 6.45) is 20.0. The van der Waals surface area contributed by atoms with Gasteiger partial charge in [0.2, 0.25) is 0 Å². The molecule has 0 atom stereocenters. The Morgan fingerprint density at radius 2 is 1.42 bits per heavy atom. The second-order valence-electron chi connectivity index (χ2n) is 9.71. The molecule has 0 saturated heterocycles. The smallest absolute Gasteiger partial charge is 0.294 e. The van der Waals surface area contributed by atoms with E-state index >= 15 is 0 Å². The fraction of sp³-hybridized carbons (Fsp3) is 0.667. The highest BCUT2D eigenvalue weighted by atomic mass is 32.2. The standard InChI is InChI=1S/C27H43N3O5S/c1-2-3-4-5-6-7-8-9-10-11-12-13-14-15-16-17-25(31)23-20-22(36(33,34)35)21-24(27(23)28)30-26(32)18-19-29-30/h19-21H,2-18,28H2,1H3,(H,33,34,35). The lowest BCUT2D eigenvalue weighted by Crippen LogP contribution is -2.22. The van der Waals surface area contributed by atoms with Gasteiger partial charge in [0.05, 0.1) is 22.7 Å². The van der Waals surface area contributed by atoms with E-state index in [1.54, 1.807) is 0 Å². The molecule has 1 heterocycles. The van der Waals surface area contributed by atoms with Gasteiger partial charge in [-0.05, 0) is 18.6 Å². The summed E-state index contributed by atoms with van der Waals surface area (Å²) < 4.78 is 33.0. The number of carbonyl (C=O) groups excluding carboxylic acids is 2. The number of hydrogen-bond donors (Lipinski definition) is 2. The van der Waals surface area contributed by atoms with Gasteiger partial charge in [0.15, 0.2) is 5.78 Å². The van der Waals surface area contributed by atoms with Crippen molar-refractivity contribution in [2.75, 3.05) is 10.7 Å². The van der Waals surface area contributed by atoms with Gasteiger partial charge in [-0.2, -0.15) is 18.5 Å². The highest BCUT2D eigenvalue weighted by Gasteiger charge is 2.27. The molecule has 36 heavy (non-hydrogen) atoms. The third-order valence-electron chi connectivity index (χ3n) is 6.66.